The highest BCUT2D eigenvalue weighted by atomic mass is 16.4. The van der Waals surface area contributed by atoms with Crippen molar-refractivity contribution in [3.8, 4) is 0 Å². The van der Waals surface area contributed by atoms with E-state index in [1.165, 1.54) is 48.5 Å². The highest BCUT2D eigenvalue weighted by Gasteiger charge is 2.39. The van der Waals surface area contributed by atoms with E-state index in [1.54, 1.807) is 13.8 Å². The first kappa shape index (κ1) is 85.3. The van der Waals surface area contributed by atoms with Crippen LogP contribution in [0.1, 0.15) is 107 Å². The van der Waals surface area contributed by atoms with Gasteiger partial charge in [0.15, 0.2) is 0 Å². The number of hydrogen-bond acceptors (Lipinski definition) is 23. The van der Waals surface area contributed by atoms with Gasteiger partial charge in [0.25, 0.3) is 0 Å². The zero-order chi connectivity index (χ0) is 73.3. The van der Waals surface area contributed by atoms with Crippen LogP contribution in [0.4, 0.5) is 0 Å². The Morgan fingerprint density at radius 1 is 0.448 bits per heavy atom. The van der Waals surface area contributed by atoms with Gasteiger partial charge in [-0.1, -0.05) is 48.0 Å². The lowest BCUT2D eigenvalue weighted by atomic mass is 9.96. The summed E-state index contributed by atoms with van der Waals surface area (Å²) >= 11 is 0. The average Bonchev–Trinajstić information content (AvgIpc) is 1.06. The maximum Gasteiger partial charge on any atom is 0.326 e. The molecule has 0 aromatic rings. The number of aliphatic hydroxyl groups excluding tert-OH is 5. The van der Waals surface area contributed by atoms with Gasteiger partial charge < -0.3 is 121 Å². The fraction of sp³-hybridized carbons (Fsp3) is 0.719. The van der Waals surface area contributed by atoms with Gasteiger partial charge in [-0.05, 0) is 83.7 Å². The van der Waals surface area contributed by atoms with E-state index < -0.39 is 243 Å². The van der Waals surface area contributed by atoms with Gasteiger partial charge in [-0.25, -0.2) is 4.79 Å². The van der Waals surface area contributed by atoms with E-state index in [1.807, 2.05) is 16.0 Å². The predicted octanol–water partition coefficient (Wildman–Crippen LogP) is -10.8. The van der Waals surface area contributed by atoms with Gasteiger partial charge >= 0.3 is 11.9 Å². The summed E-state index contributed by atoms with van der Waals surface area (Å²) in [5.74, 6) is -19.2. The second-order valence-corrected chi connectivity index (χ2v) is 23.6. The van der Waals surface area contributed by atoms with E-state index in [0.29, 0.717) is 32.2 Å². The Morgan fingerprint density at radius 2 is 0.844 bits per heavy atom. The number of nitrogens with one attached hydrogen (secondary N) is 15. The van der Waals surface area contributed by atoms with Gasteiger partial charge in [0.1, 0.15) is 66.5 Å². The van der Waals surface area contributed by atoms with E-state index in [-0.39, 0.29) is 13.0 Å². The number of carbonyl (C=O) groups excluding carboxylic acids is 14. The molecule has 39 heteroatoms. The summed E-state index contributed by atoms with van der Waals surface area (Å²) in [6, 6.07) is -18.0. The number of aliphatic hydroxyl groups is 5. The van der Waals surface area contributed by atoms with E-state index >= 15 is 0 Å². The highest BCUT2D eigenvalue weighted by molar-refractivity contribution is 6.00. The topological polar surface area (TPSA) is 621 Å². The van der Waals surface area contributed by atoms with Crippen LogP contribution in [0.25, 0.3) is 0 Å². The third-order valence-corrected chi connectivity index (χ3v) is 14.9. The van der Waals surface area contributed by atoms with Crippen molar-refractivity contribution in [2.24, 2.45) is 23.5 Å². The first-order chi connectivity index (χ1) is 45.0. The van der Waals surface area contributed by atoms with Crippen LogP contribution in [0, 0.1) is 17.8 Å². The molecule has 544 valence electrons. The molecule has 14 amide bonds. The summed E-state index contributed by atoms with van der Waals surface area (Å²) in [5, 5.41) is 103. The summed E-state index contributed by atoms with van der Waals surface area (Å²) in [4.78, 5) is 207. The second kappa shape index (κ2) is 43.3. The smallest absolute Gasteiger partial charge is 0.326 e. The molecule has 24 N–H and O–H groups in total. The van der Waals surface area contributed by atoms with Crippen LogP contribution >= 0.6 is 0 Å². The number of rotatable bonds is 44. The van der Waals surface area contributed by atoms with Gasteiger partial charge in [-0.15, -0.1) is 0 Å². The fourth-order valence-electron chi connectivity index (χ4n) is 8.98. The highest BCUT2D eigenvalue weighted by Crippen LogP contribution is 2.13. The normalized spacial score (nSPS) is 17.1. The Balaban J connectivity index is 2.97. The lowest BCUT2D eigenvalue weighted by Gasteiger charge is -2.30. The van der Waals surface area contributed by atoms with E-state index in [2.05, 4.69) is 63.8 Å². The molecule has 1 aliphatic heterocycles. The minimum absolute atomic E-state index is 0.00758. The molecule has 0 unspecified atom stereocenters. The molecule has 0 radical (unpaired) electrons. The maximum atomic E-state index is 13.7. The molecule has 39 nitrogen and oxygen atoms in total. The molecule has 0 spiro atoms. The summed E-state index contributed by atoms with van der Waals surface area (Å²) in [7, 11) is 0. The van der Waals surface area contributed by atoms with Crippen molar-refractivity contribution in [2.45, 2.75) is 192 Å². The third kappa shape index (κ3) is 29.9. The van der Waals surface area contributed by atoms with Crippen molar-refractivity contribution in [3.05, 3.63) is 0 Å². The van der Waals surface area contributed by atoms with Crippen molar-refractivity contribution >= 4 is 94.6 Å². The van der Waals surface area contributed by atoms with Crippen molar-refractivity contribution in [2.75, 3.05) is 52.5 Å². The largest absolute Gasteiger partial charge is 0.481 e. The summed E-state index contributed by atoms with van der Waals surface area (Å²) in [5.41, 5.74) is 5.64. The molecule has 1 rings (SSSR count). The van der Waals surface area contributed by atoms with E-state index in [9.17, 15) is 102 Å². The second-order valence-electron chi connectivity index (χ2n) is 23.6. The SMILES string of the molecule is CC[C@H](C)[C@H](NC(=O)[C@@H](NC(=O)[C@@H]1CCCN1)[C@@H](C)O)C(=O)N[C@H](C(=O)NCC(=O)N[C@@H](CCCCN)C(=O)NCC(=O)N[C@@H](C)C(=O)N[C@H](C(=O)N[C@H](C(=O)N[C@@H](CO)C(=O)N[C@@H](CO)C(=O)NCC(=O)N[C@@H](CO)C(=O)N[C@@H](CC(=O)O)C(=O)O)C(C)C)C(C)C)[C@@H](C)O. The molecule has 1 aliphatic rings. The number of aliphatic carboxylic acids is 2. The van der Waals surface area contributed by atoms with Crippen LogP contribution in [-0.4, -0.2) is 268 Å². The lowest BCUT2D eigenvalue weighted by molar-refractivity contribution is -0.147. The van der Waals surface area contributed by atoms with E-state index in [4.69, 9.17) is 15.9 Å². The van der Waals surface area contributed by atoms with Crippen LogP contribution < -0.4 is 85.5 Å². The Kier molecular flexibility index (Phi) is 38.5. The first-order valence-corrected chi connectivity index (χ1v) is 31.2. The van der Waals surface area contributed by atoms with Crippen LogP contribution in [0.5, 0.6) is 0 Å². The minimum Gasteiger partial charge on any atom is -0.481 e. The monoisotopic (exact) mass is 1370 g/mol. The summed E-state index contributed by atoms with van der Waals surface area (Å²) < 4.78 is 0. The molecule has 1 heterocycles. The van der Waals surface area contributed by atoms with E-state index in [0.717, 1.165) is 6.42 Å². The molecule has 1 saturated heterocycles. The molecular weight excluding hydrogens is 1280 g/mol. The van der Waals surface area contributed by atoms with Crippen LogP contribution in [-0.2, 0) is 76.7 Å². The third-order valence-electron chi connectivity index (χ3n) is 14.9. The number of amides is 14. The standard InChI is InChI=1S/C57H98N16O23/c1-10-27(6)43(71-56(94)45(30(9)78)72-49(87)31-15-13-17-59-31)55(93)73-44(29(8)77)52(90)62-21-38(80)64-32(14-11-12-16-58)47(85)60-19-37(79)63-28(7)46(84)69-42(26(4)5)54(92)70-41(25(2)3)53(91)68-36(24-76)51(89)67-34(22-74)48(86)61-20-39(81)65-35(23-75)50(88)66-33(57(95)96)18-40(82)83/h25-36,41-45,59,74-78H,10-24,58H2,1-9H3,(H,60,85)(H,61,86)(H,62,90)(H,63,79)(H,64,80)(H,65,81)(H,66,88)(H,67,89)(H,68,91)(H,69,84)(H,70,92)(H,71,94)(H,72,87)(H,73,93)(H,82,83)(H,95,96)/t27-,28-,29+,30+,31-,32-,33-,34-,35-,36-,41-,42-,43-,44-,45-/m0/s1. The van der Waals surface area contributed by atoms with Crippen LogP contribution in [0.15, 0.2) is 0 Å². The van der Waals surface area contributed by atoms with Crippen molar-refractivity contribution in [3.63, 3.8) is 0 Å². The zero-order valence-electron chi connectivity index (χ0n) is 55.2. The molecular formula is C57H98N16O23. The number of nitrogens with two attached hydrogens (primary N) is 1. The summed E-state index contributed by atoms with van der Waals surface area (Å²) in [6.45, 7) is 8.08. The Bertz CT molecular complexity index is 2700. The number of carboxylic acids is 2. The molecule has 0 aromatic carbocycles. The van der Waals surface area contributed by atoms with Gasteiger partial charge in [0, 0.05) is 0 Å². The van der Waals surface area contributed by atoms with Crippen molar-refractivity contribution in [1.82, 2.24) is 79.8 Å². The molecule has 96 heavy (non-hydrogen) atoms. The molecule has 0 aromatic heterocycles. The number of carboxylic acid groups (broad SMARTS) is 2. The molecule has 0 bridgehead atoms. The first-order valence-electron chi connectivity index (χ1n) is 31.2. The van der Waals surface area contributed by atoms with Gasteiger partial charge in [-0.2, -0.15) is 0 Å². The number of hydrogen-bond donors (Lipinski definition) is 23. The van der Waals surface area contributed by atoms with Crippen LogP contribution in [0.3, 0.4) is 0 Å². The number of unbranched alkanes of at least 4 members (excludes halogenated alkanes) is 1. The van der Waals surface area contributed by atoms with Crippen molar-refractivity contribution in [1.29, 1.82) is 0 Å². The molecule has 0 aliphatic carbocycles. The fourth-order valence-corrected chi connectivity index (χ4v) is 8.98. The predicted molar refractivity (Wildman–Crippen MR) is 334 cm³/mol. The summed E-state index contributed by atoms with van der Waals surface area (Å²) in [6.07, 6.45) is -1.71. The van der Waals surface area contributed by atoms with Crippen LogP contribution in [0.2, 0.25) is 0 Å². The Morgan fingerprint density at radius 3 is 1.30 bits per heavy atom. The van der Waals surface area contributed by atoms with Crippen molar-refractivity contribution < 1.29 is 112 Å². The number of carbonyl (C=O) groups is 16. The van der Waals surface area contributed by atoms with Gasteiger partial charge in [0.05, 0.1) is 64.1 Å². The Hall–Kier alpha value is -8.76. The average molecular weight is 1380 g/mol. The maximum absolute atomic E-state index is 13.7. The minimum atomic E-state index is -1.93. The van der Waals surface area contributed by atoms with Gasteiger partial charge in [-0.3, -0.25) is 71.9 Å². The zero-order valence-corrected chi connectivity index (χ0v) is 55.2. The Labute approximate surface area is 553 Å². The lowest BCUT2D eigenvalue weighted by Crippen LogP contribution is -2.62. The molecule has 15 atom stereocenters. The van der Waals surface area contributed by atoms with Gasteiger partial charge in [0.2, 0.25) is 82.7 Å². The molecule has 1 fully saturated rings. The quantitative estimate of drug-likeness (QED) is 0.0252. The molecule has 0 saturated carbocycles.